The fourth-order valence-electron chi connectivity index (χ4n) is 1.59. The van der Waals surface area contributed by atoms with Gasteiger partial charge in [0.1, 0.15) is 6.61 Å². The molecule has 0 saturated carbocycles. The Balaban J connectivity index is 2.01. The Labute approximate surface area is 128 Å². The Morgan fingerprint density at radius 2 is 1.74 bits per heavy atom. The van der Waals surface area contributed by atoms with E-state index in [1.165, 1.54) is 0 Å². The molecule has 2 N–H and O–H groups in total. The van der Waals surface area contributed by atoms with E-state index in [0.29, 0.717) is 5.56 Å². The van der Waals surface area contributed by atoms with Gasteiger partial charge in [0.15, 0.2) is 0 Å². The molecule has 0 atom stereocenters. The molecule has 0 aliphatic rings. The Morgan fingerprint density at radius 3 is 2.22 bits per heavy atom. The van der Waals surface area contributed by atoms with E-state index in [1.807, 2.05) is 0 Å². The predicted octanol–water partition coefficient (Wildman–Crippen LogP) is 2.30. The molecule has 2 rings (SSSR count). The molecule has 23 heavy (non-hydrogen) atoms. The van der Waals surface area contributed by atoms with Crippen LogP contribution in [0.15, 0.2) is 45.9 Å². The monoisotopic (exact) mass is 349 g/mol. The summed E-state index contributed by atoms with van der Waals surface area (Å²) in [5, 5.41) is 4.22. The van der Waals surface area contributed by atoms with Crippen LogP contribution in [0.25, 0.3) is 0 Å². The molecule has 1 heterocycles. The number of carbonyl (C=O) groups is 1. The lowest BCUT2D eigenvalue weighted by Crippen LogP contribution is -2.11. The smallest absolute Gasteiger partial charge is 0.416 e. The van der Waals surface area contributed by atoms with Crippen molar-refractivity contribution in [3.05, 3.63) is 53.3 Å². The van der Waals surface area contributed by atoms with Gasteiger partial charge in [0.05, 0.1) is 5.56 Å². The van der Waals surface area contributed by atoms with E-state index in [0.717, 1.165) is 36.4 Å². The molecule has 0 aliphatic carbocycles. The zero-order valence-corrected chi connectivity index (χ0v) is 12.1. The summed E-state index contributed by atoms with van der Waals surface area (Å²) in [5.74, 6) is -1.36. The minimum Gasteiger partial charge on any atom is -0.455 e. The number of halogens is 3. The molecule has 0 spiro atoms. The molecule has 0 unspecified atom stereocenters. The van der Waals surface area contributed by atoms with Crippen molar-refractivity contribution in [2.24, 2.45) is 5.14 Å². The van der Waals surface area contributed by atoms with Crippen LogP contribution in [0.3, 0.4) is 0 Å². The topological polar surface area (TPSA) is 99.6 Å². The average Bonchev–Trinajstić information content (AvgIpc) is 2.94. The van der Waals surface area contributed by atoms with Gasteiger partial charge in [0, 0.05) is 0 Å². The fourth-order valence-corrected chi connectivity index (χ4v) is 2.06. The fraction of sp³-hybridized carbons (Fsp3) is 0.154. The molecule has 2 aromatic rings. The van der Waals surface area contributed by atoms with Crippen molar-refractivity contribution in [1.29, 1.82) is 0 Å². The molecule has 0 fully saturated rings. The minimum atomic E-state index is -4.45. The van der Waals surface area contributed by atoms with Crippen molar-refractivity contribution in [2.45, 2.75) is 17.9 Å². The minimum absolute atomic E-state index is 0.303. The van der Waals surface area contributed by atoms with E-state index < -0.39 is 32.8 Å². The zero-order chi connectivity index (χ0) is 17.3. The molecule has 0 aliphatic heterocycles. The highest BCUT2D eigenvalue weighted by Gasteiger charge is 2.30. The van der Waals surface area contributed by atoms with Gasteiger partial charge < -0.3 is 9.15 Å². The molecule has 0 saturated heterocycles. The second-order valence-corrected chi connectivity index (χ2v) is 5.93. The van der Waals surface area contributed by atoms with Crippen LogP contribution in [0.4, 0.5) is 13.2 Å². The molecule has 1 aromatic carbocycles. The molecular formula is C13H10F3NO5S. The second kappa shape index (κ2) is 6.05. The van der Waals surface area contributed by atoms with Gasteiger partial charge in [-0.25, -0.2) is 18.4 Å². The third kappa shape index (κ3) is 4.33. The quantitative estimate of drug-likeness (QED) is 0.854. The number of sulfonamides is 1. The summed E-state index contributed by atoms with van der Waals surface area (Å²) in [6.07, 6.45) is -4.45. The van der Waals surface area contributed by atoms with E-state index in [4.69, 9.17) is 14.3 Å². The summed E-state index contributed by atoms with van der Waals surface area (Å²) in [4.78, 5) is 11.7. The maximum absolute atomic E-state index is 12.4. The van der Waals surface area contributed by atoms with Crippen LogP contribution in [0.1, 0.15) is 21.7 Å². The van der Waals surface area contributed by atoms with Crippen LogP contribution in [-0.2, 0) is 27.5 Å². The number of carbonyl (C=O) groups excluding carboxylic acids is 1. The summed E-state index contributed by atoms with van der Waals surface area (Å²) in [5.41, 5.74) is -0.499. The third-order valence-corrected chi connectivity index (χ3v) is 3.49. The van der Waals surface area contributed by atoms with Crippen LogP contribution in [0.5, 0.6) is 0 Å². The van der Waals surface area contributed by atoms with Gasteiger partial charge in [-0.15, -0.1) is 0 Å². The molecule has 10 heteroatoms. The van der Waals surface area contributed by atoms with E-state index in [2.05, 4.69) is 0 Å². The summed E-state index contributed by atoms with van der Waals surface area (Å²) >= 11 is 0. The summed E-state index contributed by atoms with van der Waals surface area (Å²) in [7, 11) is -4.08. The first-order valence-corrected chi connectivity index (χ1v) is 7.58. The first kappa shape index (κ1) is 17.0. The Bertz CT molecular complexity index is 809. The van der Waals surface area contributed by atoms with Crippen molar-refractivity contribution in [3.8, 4) is 0 Å². The van der Waals surface area contributed by atoms with Crippen LogP contribution >= 0.6 is 0 Å². The highest BCUT2D eigenvalue weighted by Crippen LogP contribution is 2.29. The lowest BCUT2D eigenvalue weighted by molar-refractivity contribution is -0.137. The largest absolute Gasteiger partial charge is 0.455 e. The highest BCUT2D eigenvalue weighted by molar-refractivity contribution is 7.89. The number of benzene rings is 1. The average molecular weight is 349 g/mol. The lowest BCUT2D eigenvalue weighted by atomic mass is 10.1. The Hall–Kier alpha value is -2.33. The van der Waals surface area contributed by atoms with Crippen LogP contribution < -0.4 is 5.14 Å². The second-order valence-electron chi connectivity index (χ2n) is 4.43. The van der Waals surface area contributed by atoms with Crippen LogP contribution in [-0.4, -0.2) is 14.4 Å². The van der Waals surface area contributed by atoms with Crippen molar-refractivity contribution >= 4 is 16.0 Å². The number of hydrogen-bond donors (Lipinski definition) is 1. The number of nitrogens with two attached hydrogens (primary N) is 1. The number of hydrogen-bond acceptors (Lipinski definition) is 5. The van der Waals surface area contributed by atoms with Gasteiger partial charge >= 0.3 is 12.1 Å². The summed E-state index contributed by atoms with van der Waals surface area (Å²) < 4.78 is 68.7. The maximum atomic E-state index is 12.4. The number of esters is 1. The maximum Gasteiger partial charge on any atom is 0.416 e. The standard InChI is InChI=1S/C13H10F3NO5S/c14-13(15,16)9-3-1-8(2-4-9)7-21-12(18)10-5-6-11(22-10)23(17,19)20/h1-6H,7H2,(H2,17,19,20). The lowest BCUT2D eigenvalue weighted by Gasteiger charge is -2.07. The number of ether oxygens (including phenoxy) is 1. The van der Waals surface area contributed by atoms with Crippen molar-refractivity contribution in [1.82, 2.24) is 0 Å². The van der Waals surface area contributed by atoms with Crippen molar-refractivity contribution in [2.75, 3.05) is 0 Å². The van der Waals surface area contributed by atoms with Gasteiger partial charge in [-0.1, -0.05) is 12.1 Å². The number of rotatable bonds is 4. The van der Waals surface area contributed by atoms with Crippen LogP contribution in [0.2, 0.25) is 0 Å². The van der Waals surface area contributed by atoms with Crippen molar-refractivity contribution < 1.29 is 35.5 Å². The SMILES string of the molecule is NS(=O)(=O)c1ccc(C(=O)OCc2ccc(C(F)(F)F)cc2)o1. The van der Waals surface area contributed by atoms with E-state index in [1.54, 1.807) is 0 Å². The van der Waals surface area contributed by atoms with E-state index in [-0.39, 0.29) is 12.4 Å². The van der Waals surface area contributed by atoms with Crippen LogP contribution in [0, 0.1) is 0 Å². The van der Waals surface area contributed by atoms with Gasteiger partial charge in [-0.3, -0.25) is 0 Å². The van der Waals surface area contributed by atoms with Gasteiger partial charge in [0.2, 0.25) is 10.9 Å². The molecule has 0 bridgehead atoms. The first-order chi connectivity index (χ1) is 10.6. The van der Waals surface area contributed by atoms with Crippen molar-refractivity contribution in [3.63, 3.8) is 0 Å². The zero-order valence-electron chi connectivity index (χ0n) is 11.3. The van der Waals surface area contributed by atoms with Gasteiger partial charge in [-0.05, 0) is 29.8 Å². The molecular weight excluding hydrogens is 339 g/mol. The number of alkyl halides is 3. The molecule has 6 nitrogen and oxygen atoms in total. The number of furan rings is 1. The molecule has 0 amide bonds. The Morgan fingerprint density at radius 1 is 1.13 bits per heavy atom. The summed E-state index contributed by atoms with van der Waals surface area (Å²) in [6.45, 7) is -0.303. The highest BCUT2D eigenvalue weighted by atomic mass is 32.2. The van der Waals surface area contributed by atoms with E-state index in [9.17, 15) is 26.4 Å². The molecule has 1 aromatic heterocycles. The summed E-state index contributed by atoms with van der Waals surface area (Å²) in [6, 6.07) is 6.09. The number of primary sulfonamides is 1. The normalized spacial score (nSPS) is 12.2. The Kier molecular flexibility index (Phi) is 4.48. The third-order valence-electron chi connectivity index (χ3n) is 2.71. The molecule has 0 radical (unpaired) electrons. The first-order valence-electron chi connectivity index (χ1n) is 6.03. The van der Waals surface area contributed by atoms with E-state index >= 15 is 0 Å². The molecule has 124 valence electrons. The predicted molar refractivity (Wildman–Crippen MR) is 70.6 cm³/mol. The van der Waals surface area contributed by atoms with Gasteiger partial charge in [-0.2, -0.15) is 13.2 Å². The van der Waals surface area contributed by atoms with Gasteiger partial charge in [0.25, 0.3) is 10.0 Å².